The lowest BCUT2D eigenvalue weighted by molar-refractivity contribution is 0.0489. The van der Waals surface area contributed by atoms with Crippen LogP contribution in [0.4, 0.5) is 5.82 Å². The molecule has 6 nitrogen and oxygen atoms in total. The molecule has 1 aromatic rings. The summed E-state index contributed by atoms with van der Waals surface area (Å²) in [5, 5.41) is 0. The van der Waals surface area contributed by atoms with Gasteiger partial charge in [0.25, 0.3) is 0 Å². The average molecular weight is 252 g/mol. The Balaban J connectivity index is 2.01. The van der Waals surface area contributed by atoms with Gasteiger partial charge < -0.3 is 14.9 Å². The van der Waals surface area contributed by atoms with Crippen molar-refractivity contribution in [1.29, 1.82) is 0 Å². The summed E-state index contributed by atoms with van der Waals surface area (Å²) in [5.41, 5.74) is 3.41. The van der Waals surface area contributed by atoms with Gasteiger partial charge in [-0.1, -0.05) is 0 Å². The van der Waals surface area contributed by atoms with Crippen molar-refractivity contribution in [2.75, 3.05) is 25.2 Å². The zero-order valence-electron chi connectivity index (χ0n) is 10.9. The molecular weight excluding hydrogens is 232 g/mol. The van der Waals surface area contributed by atoms with Crippen LogP contribution >= 0.6 is 0 Å². The Bertz CT molecular complexity index is 405. The summed E-state index contributed by atoms with van der Waals surface area (Å²) >= 11 is 0. The van der Waals surface area contributed by atoms with Crippen LogP contribution in [0.3, 0.4) is 0 Å². The second-order valence-corrected chi connectivity index (χ2v) is 4.56. The quantitative estimate of drug-likeness (QED) is 0.618. The summed E-state index contributed by atoms with van der Waals surface area (Å²) in [5.74, 6) is 7.84. The topological polar surface area (TPSA) is 82.3 Å². The van der Waals surface area contributed by atoms with Crippen molar-refractivity contribution >= 4 is 5.82 Å². The van der Waals surface area contributed by atoms with Gasteiger partial charge in [-0.2, -0.15) is 4.98 Å². The van der Waals surface area contributed by atoms with Crippen molar-refractivity contribution in [3.63, 3.8) is 0 Å². The summed E-state index contributed by atoms with van der Waals surface area (Å²) in [6.07, 6.45) is 2.09. The lowest BCUT2D eigenvalue weighted by Crippen LogP contribution is -2.22. The fourth-order valence-electron chi connectivity index (χ4n) is 1.99. The van der Waals surface area contributed by atoms with Crippen molar-refractivity contribution in [3.8, 4) is 5.88 Å². The first-order valence-electron chi connectivity index (χ1n) is 6.23. The molecule has 0 bridgehead atoms. The molecule has 18 heavy (non-hydrogen) atoms. The minimum absolute atomic E-state index is 0.544. The number of nitrogens with one attached hydrogen (secondary N) is 1. The Labute approximate surface area is 107 Å². The van der Waals surface area contributed by atoms with Crippen LogP contribution in [0.25, 0.3) is 0 Å². The largest absolute Gasteiger partial charge is 0.477 e. The number of nitrogens with zero attached hydrogens (tertiary/aromatic N) is 2. The number of anilines is 1. The molecule has 6 heteroatoms. The van der Waals surface area contributed by atoms with Crippen LogP contribution in [0.2, 0.25) is 0 Å². The van der Waals surface area contributed by atoms with Gasteiger partial charge in [-0.05, 0) is 32.6 Å². The monoisotopic (exact) mass is 252 g/mol. The molecule has 3 N–H and O–H groups in total. The number of ether oxygens (including phenoxy) is 2. The summed E-state index contributed by atoms with van der Waals surface area (Å²) in [4.78, 5) is 8.50. The molecule has 0 amide bonds. The number of hydrogen-bond acceptors (Lipinski definition) is 6. The number of rotatable bonds is 4. The van der Waals surface area contributed by atoms with Crippen LogP contribution < -0.4 is 16.0 Å². The first-order chi connectivity index (χ1) is 8.70. The molecule has 2 rings (SSSR count). The number of hydrazine groups is 1. The maximum Gasteiger partial charge on any atom is 0.221 e. The molecule has 0 unspecified atom stereocenters. The molecule has 100 valence electrons. The molecule has 1 saturated heterocycles. The van der Waals surface area contributed by atoms with Crippen molar-refractivity contribution in [2.45, 2.75) is 26.7 Å². The van der Waals surface area contributed by atoms with E-state index in [9.17, 15) is 0 Å². The predicted molar refractivity (Wildman–Crippen MR) is 68.4 cm³/mol. The third-order valence-corrected chi connectivity index (χ3v) is 3.15. The van der Waals surface area contributed by atoms with Gasteiger partial charge in [0.1, 0.15) is 11.6 Å². The van der Waals surface area contributed by atoms with Gasteiger partial charge >= 0.3 is 0 Å². The highest BCUT2D eigenvalue weighted by Crippen LogP contribution is 2.23. The Morgan fingerprint density at radius 2 is 2.06 bits per heavy atom. The lowest BCUT2D eigenvalue weighted by Gasteiger charge is -2.22. The molecule has 2 heterocycles. The van der Waals surface area contributed by atoms with E-state index in [1.54, 1.807) is 0 Å². The Morgan fingerprint density at radius 1 is 1.33 bits per heavy atom. The maximum absolute atomic E-state index is 5.80. The molecule has 1 aliphatic rings. The van der Waals surface area contributed by atoms with Gasteiger partial charge in [-0.3, -0.25) is 0 Å². The fraction of sp³-hybridized carbons (Fsp3) is 0.667. The zero-order chi connectivity index (χ0) is 13.0. The average Bonchev–Trinajstić information content (AvgIpc) is 2.40. The Kier molecular flexibility index (Phi) is 4.33. The lowest BCUT2D eigenvalue weighted by atomic mass is 10.0. The first-order valence-corrected chi connectivity index (χ1v) is 6.23. The van der Waals surface area contributed by atoms with Crippen LogP contribution in [0.15, 0.2) is 0 Å². The standard InChI is InChI=1S/C12H20N4O2/c1-8-11(16-13)14-9(2)15-12(8)18-7-10-3-5-17-6-4-10/h10H,3-7,13H2,1-2H3,(H,14,15,16). The molecule has 1 fully saturated rings. The molecule has 0 aliphatic carbocycles. The van der Waals surface area contributed by atoms with E-state index >= 15 is 0 Å². The molecule has 1 aromatic heterocycles. The van der Waals surface area contributed by atoms with Crippen LogP contribution in [-0.2, 0) is 4.74 Å². The SMILES string of the molecule is Cc1nc(NN)c(C)c(OCC2CCOCC2)n1. The number of nitrogen functional groups attached to an aromatic ring is 1. The molecule has 0 aromatic carbocycles. The van der Waals surface area contributed by atoms with Crippen molar-refractivity contribution in [2.24, 2.45) is 11.8 Å². The van der Waals surface area contributed by atoms with Crippen LogP contribution in [0, 0.1) is 19.8 Å². The van der Waals surface area contributed by atoms with Crippen LogP contribution in [-0.4, -0.2) is 29.8 Å². The van der Waals surface area contributed by atoms with Gasteiger partial charge in [0.05, 0.1) is 12.2 Å². The number of aryl methyl sites for hydroxylation is 1. The third kappa shape index (κ3) is 3.08. The van der Waals surface area contributed by atoms with E-state index in [4.69, 9.17) is 15.3 Å². The van der Waals surface area contributed by atoms with Gasteiger partial charge in [0, 0.05) is 13.2 Å². The Hall–Kier alpha value is -1.40. The highest BCUT2D eigenvalue weighted by atomic mass is 16.5. The first kappa shape index (κ1) is 13.0. The molecule has 0 spiro atoms. The van der Waals surface area contributed by atoms with Crippen molar-refractivity contribution in [1.82, 2.24) is 9.97 Å². The van der Waals surface area contributed by atoms with Crippen LogP contribution in [0.1, 0.15) is 24.2 Å². The molecular formula is C12H20N4O2. The summed E-state index contributed by atoms with van der Waals surface area (Å²) in [6, 6.07) is 0. The zero-order valence-corrected chi connectivity index (χ0v) is 10.9. The van der Waals surface area contributed by atoms with Crippen LogP contribution in [0.5, 0.6) is 5.88 Å². The number of aromatic nitrogens is 2. The maximum atomic E-state index is 5.80. The van der Waals surface area contributed by atoms with Gasteiger partial charge in [-0.25, -0.2) is 10.8 Å². The predicted octanol–water partition coefficient (Wildman–Crippen LogP) is 1.18. The summed E-state index contributed by atoms with van der Waals surface area (Å²) < 4.78 is 11.1. The molecule has 0 radical (unpaired) electrons. The highest BCUT2D eigenvalue weighted by Gasteiger charge is 2.16. The third-order valence-electron chi connectivity index (χ3n) is 3.15. The van der Waals surface area contributed by atoms with E-state index in [2.05, 4.69) is 15.4 Å². The normalized spacial score (nSPS) is 16.6. The van der Waals surface area contributed by atoms with Crippen molar-refractivity contribution < 1.29 is 9.47 Å². The van der Waals surface area contributed by atoms with Crippen molar-refractivity contribution in [3.05, 3.63) is 11.4 Å². The fourth-order valence-corrected chi connectivity index (χ4v) is 1.99. The summed E-state index contributed by atoms with van der Waals surface area (Å²) in [6.45, 7) is 6.04. The van der Waals surface area contributed by atoms with E-state index in [0.29, 0.717) is 30.0 Å². The van der Waals surface area contributed by atoms with Gasteiger partial charge in [-0.15, -0.1) is 0 Å². The summed E-state index contributed by atoms with van der Waals surface area (Å²) in [7, 11) is 0. The molecule has 1 aliphatic heterocycles. The van der Waals surface area contributed by atoms with E-state index < -0.39 is 0 Å². The molecule has 0 atom stereocenters. The van der Waals surface area contributed by atoms with E-state index in [1.165, 1.54) is 0 Å². The highest BCUT2D eigenvalue weighted by molar-refractivity contribution is 5.47. The molecule has 0 saturated carbocycles. The van der Waals surface area contributed by atoms with E-state index in [1.807, 2.05) is 13.8 Å². The number of hydrogen-bond donors (Lipinski definition) is 2. The number of nitrogens with two attached hydrogens (primary N) is 1. The van der Waals surface area contributed by atoms with E-state index in [0.717, 1.165) is 31.6 Å². The van der Waals surface area contributed by atoms with Gasteiger partial charge in [0.15, 0.2) is 0 Å². The van der Waals surface area contributed by atoms with Gasteiger partial charge in [0.2, 0.25) is 5.88 Å². The second kappa shape index (κ2) is 5.97. The smallest absolute Gasteiger partial charge is 0.221 e. The minimum atomic E-state index is 0.544. The second-order valence-electron chi connectivity index (χ2n) is 4.56. The van der Waals surface area contributed by atoms with E-state index in [-0.39, 0.29) is 0 Å². The Morgan fingerprint density at radius 3 is 2.72 bits per heavy atom. The minimum Gasteiger partial charge on any atom is -0.477 e.